The molecule has 0 unspecified atom stereocenters. The first-order valence-electron chi connectivity index (χ1n) is 8.89. The number of hydrogen-bond donors (Lipinski definition) is 2. The minimum Gasteiger partial charge on any atom is -0.487 e. The van der Waals surface area contributed by atoms with E-state index in [2.05, 4.69) is 37.2 Å². The van der Waals surface area contributed by atoms with Gasteiger partial charge in [0.25, 0.3) is 5.91 Å². The Labute approximate surface area is 184 Å². The van der Waals surface area contributed by atoms with E-state index >= 15 is 0 Å². The van der Waals surface area contributed by atoms with Crippen LogP contribution in [0.3, 0.4) is 0 Å². The molecular formula is C21H18Br2FNO4. The highest BCUT2D eigenvalue weighted by molar-refractivity contribution is 9.11. The Morgan fingerprint density at radius 1 is 1.14 bits per heavy atom. The normalized spacial score (nSPS) is 13.5. The highest BCUT2D eigenvalue weighted by Crippen LogP contribution is 2.37. The fraction of sp³-hybridized carbons (Fsp3) is 0.238. The van der Waals surface area contributed by atoms with Gasteiger partial charge < -0.3 is 15.2 Å². The summed E-state index contributed by atoms with van der Waals surface area (Å²) in [5, 5.41) is 12.0. The average Bonchev–Trinajstić information content (AvgIpc) is 3.14. The number of nitrogens with one attached hydrogen (secondary N) is 1. The molecule has 3 rings (SSSR count). The van der Waals surface area contributed by atoms with E-state index in [1.165, 1.54) is 12.1 Å². The number of hydrogen-bond acceptors (Lipinski definition) is 3. The van der Waals surface area contributed by atoms with Crippen LogP contribution >= 0.6 is 31.9 Å². The molecule has 2 aromatic carbocycles. The summed E-state index contributed by atoms with van der Waals surface area (Å²) in [5.41, 5.74) is 2.63. The summed E-state index contributed by atoms with van der Waals surface area (Å²) in [6, 6.07) is 7.87. The Kier molecular flexibility index (Phi) is 6.74. The molecular weight excluding hydrogens is 509 g/mol. The van der Waals surface area contributed by atoms with Gasteiger partial charge in [0.2, 0.25) is 0 Å². The van der Waals surface area contributed by atoms with E-state index in [-0.39, 0.29) is 18.0 Å². The summed E-state index contributed by atoms with van der Waals surface area (Å²) >= 11 is 6.85. The quantitative estimate of drug-likeness (QED) is 0.503. The summed E-state index contributed by atoms with van der Waals surface area (Å²) in [4.78, 5) is 23.8. The Hall–Kier alpha value is -2.19. The number of ether oxygens (including phenoxy) is 1. The van der Waals surface area contributed by atoms with Crippen molar-refractivity contribution in [3.05, 3.63) is 67.4 Å². The Morgan fingerprint density at radius 2 is 1.79 bits per heavy atom. The van der Waals surface area contributed by atoms with Gasteiger partial charge in [-0.25, -0.2) is 9.18 Å². The van der Waals surface area contributed by atoms with Crippen molar-refractivity contribution in [1.29, 1.82) is 0 Å². The van der Waals surface area contributed by atoms with E-state index in [0.717, 1.165) is 11.1 Å². The van der Waals surface area contributed by atoms with Crippen molar-refractivity contribution < 1.29 is 23.8 Å². The monoisotopic (exact) mass is 525 g/mol. The van der Waals surface area contributed by atoms with Crippen LogP contribution < -0.4 is 10.1 Å². The van der Waals surface area contributed by atoms with Crippen LogP contribution in [0.4, 0.5) is 10.1 Å². The molecule has 1 aliphatic carbocycles. The number of aliphatic carboxylic acids is 1. The van der Waals surface area contributed by atoms with E-state index in [0.29, 0.717) is 45.2 Å². The maximum absolute atomic E-state index is 13.5. The summed E-state index contributed by atoms with van der Waals surface area (Å²) < 4.78 is 20.5. The van der Waals surface area contributed by atoms with Gasteiger partial charge in [-0.1, -0.05) is 6.07 Å². The Morgan fingerprint density at radius 3 is 2.45 bits per heavy atom. The number of halogens is 3. The van der Waals surface area contributed by atoms with E-state index in [1.807, 2.05) is 6.92 Å². The van der Waals surface area contributed by atoms with Crippen LogP contribution in [0.2, 0.25) is 0 Å². The molecule has 1 amide bonds. The van der Waals surface area contributed by atoms with Crippen molar-refractivity contribution in [1.82, 2.24) is 0 Å². The predicted octanol–water partition coefficient (Wildman–Crippen LogP) is 5.74. The molecule has 0 bridgehead atoms. The maximum atomic E-state index is 13.5. The lowest BCUT2D eigenvalue weighted by atomic mass is 10.1. The molecule has 2 aromatic rings. The van der Waals surface area contributed by atoms with Crippen LogP contribution in [-0.4, -0.2) is 17.0 Å². The van der Waals surface area contributed by atoms with E-state index < -0.39 is 11.9 Å². The van der Waals surface area contributed by atoms with Gasteiger partial charge in [-0.05, 0) is 93.4 Å². The maximum Gasteiger partial charge on any atom is 0.332 e. The number of carboxylic acids is 1. The van der Waals surface area contributed by atoms with Crippen molar-refractivity contribution in [2.45, 2.75) is 32.8 Å². The largest absolute Gasteiger partial charge is 0.487 e. The fourth-order valence-electron chi connectivity index (χ4n) is 3.15. The number of aryl methyl sites for hydroxylation is 1. The topological polar surface area (TPSA) is 75.6 Å². The van der Waals surface area contributed by atoms with Gasteiger partial charge >= 0.3 is 5.97 Å². The second kappa shape index (κ2) is 9.09. The highest BCUT2D eigenvalue weighted by Gasteiger charge is 2.25. The molecule has 0 aliphatic heterocycles. The first kappa shape index (κ1) is 21.5. The number of amides is 1. The molecule has 0 saturated heterocycles. The number of carboxylic acid groups (broad SMARTS) is 1. The molecule has 1 aliphatic rings. The summed E-state index contributed by atoms with van der Waals surface area (Å²) in [6.45, 7) is 2.06. The van der Waals surface area contributed by atoms with Crippen LogP contribution in [0.15, 0.2) is 50.4 Å². The SMILES string of the molecule is Cc1ccc(F)cc1COc1c(Br)cc(NC(=O)C2=C(C(=O)O)CCC2)cc1Br. The zero-order valence-corrected chi connectivity index (χ0v) is 18.7. The Bertz CT molecular complexity index is 997. The van der Waals surface area contributed by atoms with Gasteiger partial charge in [-0.15, -0.1) is 0 Å². The first-order chi connectivity index (χ1) is 13.8. The molecule has 0 aromatic heterocycles. The number of rotatable bonds is 6. The second-order valence-electron chi connectivity index (χ2n) is 6.70. The zero-order valence-electron chi connectivity index (χ0n) is 15.5. The van der Waals surface area contributed by atoms with Gasteiger partial charge in [-0.2, -0.15) is 0 Å². The molecule has 0 heterocycles. The average molecular weight is 527 g/mol. The molecule has 0 fully saturated rings. The summed E-state index contributed by atoms with van der Waals surface area (Å²) in [7, 11) is 0. The third-order valence-electron chi connectivity index (χ3n) is 4.69. The van der Waals surface area contributed by atoms with Crippen LogP contribution in [0.25, 0.3) is 0 Å². The zero-order chi connectivity index (χ0) is 21.1. The summed E-state index contributed by atoms with van der Waals surface area (Å²) in [6.07, 6.45) is 1.51. The lowest BCUT2D eigenvalue weighted by Crippen LogP contribution is -2.16. The smallest absolute Gasteiger partial charge is 0.332 e. The Balaban J connectivity index is 1.75. The lowest BCUT2D eigenvalue weighted by molar-refractivity contribution is -0.133. The van der Waals surface area contributed by atoms with Crippen molar-refractivity contribution in [3.8, 4) is 5.75 Å². The van der Waals surface area contributed by atoms with Gasteiger partial charge in [0, 0.05) is 16.8 Å². The second-order valence-corrected chi connectivity index (χ2v) is 8.41. The molecule has 2 N–H and O–H groups in total. The highest BCUT2D eigenvalue weighted by atomic mass is 79.9. The third kappa shape index (κ3) is 5.05. The third-order valence-corrected chi connectivity index (χ3v) is 5.87. The van der Waals surface area contributed by atoms with Gasteiger partial charge in [0.05, 0.1) is 8.95 Å². The molecule has 0 saturated carbocycles. The fourth-order valence-corrected chi connectivity index (χ4v) is 4.57. The van der Waals surface area contributed by atoms with Crippen molar-refractivity contribution in [2.75, 3.05) is 5.32 Å². The van der Waals surface area contributed by atoms with Crippen LogP contribution in [0.5, 0.6) is 5.75 Å². The summed E-state index contributed by atoms with van der Waals surface area (Å²) in [5.74, 6) is -1.28. The first-order valence-corrected chi connectivity index (χ1v) is 10.5. The number of benzene rings is 2. The van der Waals surface area contributed by atoms with Crippen LogP contribution in [0.1, 0.15) is 30.4 Å². The molecule has 29 heavy (non-hydrogen) atoms. The minimum atomic E-state index is -1.05. The van der Waals surface area contributed by atoms with Crippen LogP contribution in [0, 0.1) is 12.7 Å². The number of carbonyl (C=O) groups excluding carboxylic acids is 1. The van der Waals surface area contributed by atoms with Gasteiger partial charge in [-0.3, -0.25) is 4.79 Å². The molecule has 0 spiro atoms. The van der Waals surface area contributed by atoms with Crippen molar-refractivity contribution in [3.63, 3.8) is 0 Å². The lowest BCUT2D eigenvalue weighted by Gasteiger charge is -2.14. The number of anilines is 1. The predicted molar refractivity (Wildman–Crippen MR) is 114 cm³/mol. The molecule has 152 valence electrons. The number of carbonyl (C=O) groups is 2. The molecule has 0 atom stereocenters. The van der Waals surface area contributed by atoms with Gasteiger partial charge in [0.1, 0.15) is 18.2 Å². The van der Waals surface area contributed by atoms with Crippen molar-refractivity contribution >= 4 is 49.4 Å². The van der Waals surface area contributed by atoms with Crippen LogP contribution in [-0.2, 0) is 16.2 Å². The minimum absolute atomic E-state index is 0.172. The van der Waals surface area contributed by atoms with Crippen molar-refractivity contribution in [2.24, 2.45) is 0 Å². The molecule has 5 nitrogen and oxygen atoms in total. The molecule has 8 heteroatoms. The van der Waals surface area contributed by atoms with Gasteiger partial charge in [0.15, 0.2) is 0 Å². The standard InChI is InChI=1S/C21H18Br2FNO4/c1-11-5-6-13(24)7-12(11)10-29-19-17(22)8-14(9-18(19)23)25-20(26)15-3-2-4-16(15)21(27)28/h5-9H,2-4,10H2,1H3,(H,25,26)(H,27,28). The van der Waals surface area contributed by atoms with E-state index in [9.17, 15) is 19.1 Å². The van der Waals surface area contributed by atoms with E-state index in [4.69, 9.17) is 4.74 Å². The van der Waals surface area contributed by atoms with E-state index in [1.54, 1.807) is 18.2 Å². The molecule has 0 radical (unpaired) electrons.